The van der Waals surface area contributed by atoms with Crippen LogP contribution >= 0.6 is 11.5 Å². The lowest BCUT2D eigenvalue weighted by molar-refractivity contribution is -0.144. The largest absolute Gasteiger partial charge is 0.452 e. The van der Waals surface area contributed by atoms with Gasteiger partial charge in [0.05, 0.1) is 6.04 Å². The van der Waals surface area contributed by atoms with E-state index in [0.717, 1.165) is 5.56 Å². The molecular weight excluding hydrogens is 277 g/mol. The zero-order chi connectivity index (χ0) is 13.9. The molecule has 1 unspecified atom stereocenters. The fourth-order valence-corrected chi connectivity index (χ4v) is 2.15. The van der Waals surface area contributed by atoms with Gasteiger partial charge < -0.3 is 11.1 Å². The molecular formula is C11H11F3N4S. The highest BCUT2D eigenvalue weighted by Crippen LogP contribution is 2.30. The lowest BCUT2D eigenvalue weighted by Gasteiger charge is -2.15. The second kappa shape index (κ2) is 5.54. The van der Waals surface area contributed by atoms with E-state index >= 15 is 0 Å². The third kappa shape index (κ3) is 3.42. The average molecular weight is 288 g/mol. The molecule has 0 aliphatic carbocycles. The average Bonchev–Trinajstić information content (AvgIpc) is 2.85. The monoisotopic (exact) mass is 288 g/mol. The van der Waals surface area contributed by atoms with Gasteiger partial charge in [-0.15, -0.1) is 0 Å². The molecule has 3 N–H and O–H groups in total. The molecule has 0 bridgehead atoms. The van der Waals surface area contributed by atoms with Gasteiger partial charge in [0, 0.05) is 18.1 Å². The zero-order valence-electron chi connectivity index (χ0n) is 9.69. The van der Waals surface area contributed by atoms with Crippen molar-refractivity contribution in [1.82, 2.24) is 9.36 Å². The van der Waals surface area contributed by atoms with Crippen molar-refractivity contribution >= 4 is 16.7 Å². The summed E-state index contributed by atoms with van der Waals surface area (Å²) in [6, 6.07) is 8.91. The molecule has 1 aromatic heterocycles. The van der Waals surface area contributed by atoms with Crippen LogP contribution in [0.3, 0.4) is 0 Å². The van der Waals surface area contributed by atoms with E-state index in [0.29, 0.717) is 11.5 Å². The molecule has 1 heterocycles. The predicted molar refractivity (Wildman–Crippen MR) is 66.8 cm³/mol. The number of anilines is 1. The maximum atomic E-state index is 12.4. The van der Waals surface area contributed by atoms with E-state index in [4.69, 9.17) is 5.73 Å². The maximum Gasteiger partial charge on any atom is 0.452 e. The summed E-state index contributed by atoms with van der Waals surface area (Å²) in [5.74, 6) is -1.14. The van der Waals surface area contributed by atoms with Crippen LogP contribution in [0.1, 0.15) is 17.4 Å². The molecule has 4 nitrogen and oxygen atoms in total. The van der Waals surface area contributed by atoms with Crippen LogP contribution in [0, 0.1) is 0 Å². The minimum atomic E-state index is -4.53. The fraction of sp³-hybridized carbons (Fsp3) is 0.273. The molecule has 0 aliphatic heterocycles. The lowest BCUT2D eigenvalue weighted by Crippen LogP contribution is -2.20. The number of nitrogens with two attached hydrogens (primary N) is 1. The minimum absolute atomic E-state index is 0.103. The van der Waals surface area contributed by atoms with Crippen molar-refractivity contribution in [1.29, 1.82) is 0 Å². The Labute approximate surface area is 111 Å². The number of aromatic nitrogens is 2. The number of alkyl halides is 3. The SMILES string of the molecule is NCC(Nc1nc(C(F)(F)F)ns1)c1ccccc1. The first-order valence-corrected chi connectivity index (χ1v) is 6.20. The van der Waals surface area contributed by atoms with Crippen LogP contribution in [0.2, 0.25) is 0 Å². The van der Waals surface area contributed by atoms with Crippen LogP contribution in [0.25, 0.3) is 0 Å². The highest BCUT2D eigenvalue weighted by atomic mass is 32.1. The molecule has 0 saturated heterocycles. The predicted octanol–water partition coefficient (Wildman–Crippen LogP) is 2.67. The highest BCUT2D eigenvalue weighted by molar-refractivity contribution is 7.09. The van der Waals surface area contributed by atoms with E-state index in [1.165, 1.54) is 0 Å². The second-order valence-electron chi connectivity index (χ2n) is 3.76. The Morgan fingerprint density at radius 1 is 1.26 bits per heavy atom. The Kier molecular flexibility index (Phi) is 4.01. The molecule has 0 radical (unpaired) electrons. The summed E-state index contributed by atoms with van der Waals surface area (Å²) >= 11 is 0.667. The number of nitrogens with zero attached hydrogens (tertiary/aromatic N) is 2. The highest BCUT2D eigenvalue weighted by Gasteiger charge is 2.36. The first kappa shape index (κ1) is 13.8. The molecule has 0 amide bonds. The van der Waals surface area contributed by atoms with Crippen molar-refractivity contribution in [2.45, 2.75) is 12.2 Å². The van der Waals surface area contributed by atoms with Crippen molar-refractivity contribution in [3.8, 4) is 0 Å². The van der Waals surface area contributed by atoms with Gasteiger partial charge in [0.2, 0.25) is 11.0 Å². The summed E-state index contributed by atoms with van der Waals surface area (Å²) in [5.41, 5.74) is 6.50. The number of hydrogen-bond acceptors (Lipinski definition) is 5. The van der Waals surface area contributed by atoms with E-state index in [-0.39, 0.29) is 17.7 Å². The quantitative estimate of drug-likeness (QED) is 0.908. The van der Waals surface area contributed by atoms with Gasteiger partial charge in [-0.3, -0.25) is 0 Å². The van der Waals surface area contributed by atoms with Crippen molar-refractivity contribution in [2.24, 2.45) is 5.73 Å². The zero-order valence-corrected chi connectivity index (χ0v) is 10.5. The van der Waals surface area contributed by atoms with Gasteiger partial charge in [0.1, 0.15) is 0 Å². The topological polar surface area (TPSA) is 63.8 Å². The molecule has 19 heavy (non-hydrogen) atoms. The Bertz CT molecular complexity index is 526. The summed E-state index contributed by atoms with van der Waals surface area (Å²) in [5, 5.41) is 2.96. The van der Waals surface area contributed by atoms with Crippen molar-refractivity contribution in [3.05, 3.63) is 41.7 Å². The van der Waals surface area contributed by atoms with Crippen LogP contribution in [-0.2, 0) is 6.18 Å². The summed E-state index contributed by atoms with van der Waals surface area (Å²) in [7, 11) is 0. The molecule has 0 spiro atoms. The summed E-state index contributed by atoms with van der Waals surface area (Å²) < 4.78 is 40.4. The first-order valence-electron chi connectivity index (χ1n) is 5.43. The molecule has 2 rings (SSSR count). The van der Waals surface area contributed by atoms with E-state index in [1.807, 2.05) is 30.3 Å². The van der Waals surface area contributed by atoms with E-state index < -0.39 is 12.0 Å². The van der Waals surface area contributed by atoms with E-state index in [2.05, 4.69) is 14.7 Å². The van der Waals surface area contributed by atoms with Crippen molar-refractivity contribution in [3.63, 3.8) is 0 Å². The van der Waals surface area contributed by atoms with Crippen LogP contribution in [0.5, 0.6) is 0 Å². The van der Waals surface area contributed by atoms with E-state index in [1.54, 1.807) is 0 Å². The van der Waals surface area contributed by atoms with Crippen LogP contribution in [-0.4, -0.2) is 15.9 Å². The van der Waals surface area contributed by atoms with Crippen molar-refractivity contribution < 1.29 is 13.2 Å². The molecule has 1 aromatic carbocycles. The molecule has 8 heteroatoms. The smallest absolute Gasteiger partial charge is 0.352 e. The molecule has 1 atom stereocenters. The molecule has 2 aromatic rings. The third-order valence-corrected chi connectivity index (χ3v) is 3.06. The van der Waals surface area contributed by atoms with Crippen LogP contribution in [0.4, 0.5) is 18.3 Å². The normalized spacial score (nSPS) is 13.3. The minimum Gasteiger partial charge on any atom is -0.352 e. The number of nitrogens with one attached hydrogen (secondary N) is 1. The van der Waals surface area contributed by atoms with Crippen molar-refractivity contribution in [2.75, 3.05) is 11.9 Å². The fourth-order valence-electron chi connectivity index (χ4n) is 1.51. The maximum absolute atomic E-state index is 12.4. The summed E-state index contributed by atoms with van der Waals surface area (Å²) in [6.07, 6.45) is -4.53. The molecule has 0 saturated carbocycles. The molecule has 0 fully saturated rings. The van der Waals surface area contributed by atoms with Crippen LogP contribution in [0.15, 0.2) is 30.3 Å². The number of hydrogen-bond donors (Lipinski definition) is 2. The van der Waals surface area contributed by atoms with Gasteiger partial charge >= 0.3 is 6.18 Å². The first-order chi connectivity index (χ1) is 9.00. The number of benzene rings is 1. The number of rotatable bonds is 4. The van der Waals surface area contributed by atoms with Gasteiger partial charge in [-0.2, -0.15) is 22.5 Å². The summed E-state index contributed by atoms with van der Waals surface area (Å²) in [4.78, 5) is 3.41. The second-order valence-corrected chi connectivity index (χ2v) is 4.52. The Morgan fingerprint density at radius 3 is 2.47 bits per heavy atom. The Hall–Kier alpha value is -1.67. The molecule has 102 valence electrons. The lowest BCUT2D eigenvalue weighted by atomic mass is 10.1. The van der Waals surface area contributed by atoms with Gasteiger partial charge in [-0.25, -0.2) is 0 Å². The van der Waals surface area contributed by atoms with Gasteiger partial charge in [-0.05, 0) is 5.56 Å². The van der Waals surface area contributed by atoms with Gasteiger partial charge in [-0.1, -0.05) is 30.3 Å². The number of halogens is 3. The Balaban J connectivity index is 2.13. The third-order valence-electron chi connectivity index (χ3n) is 2.41. The van der Waals surface area contributed by atoms with Gasteiger partial charge in [0.25, 0.3) is 0 Å². The van der Waals surface area contributed by atoms with E-state index in [9.17, 15) is 13.2 Å². The van der Waals surface area contributed by atoms with Crippen LogP contribution < -0.4 is 11.1 Å². The molecule has 0 aliphatic rings. The standard InChI is InChI=1S/C11H11F3N4S/c12-11(13,14)9-17-10(19-18-9)16-8(6-15)7-4-2-1-3-5-7/h1-5,8H,6,15H2,(H,16,17,18). The van der Waals surface area contributed by atoms with Gasteiger partial charge in [0.15, 0.2) is 0 Å². The summed E-state index contributed by atoms with van der Waals surface area (Å²) in [6.45, 7) is 0.241. The Morgan fingerprint density at radius 2 is 1.95 bits per heavy atom.